The van der Waals surface area contributed by atoms with Gasteiger partial charge in [0.05, 0.1) is 24.5 Å². The Kier molecular flexibility index (Phi) is 9.32. The van der Waals surface area contributed by atoms with Crippen molar-refractivity contribution in [1.29, 1.82) is 5.26 Å². The van der Waals surface area contributed by atoms with E-state index in [9.17, 15) is 10.1 Å². The lowest BCUT2D eigenvalue weighted by Crippen LogP contribution is -2.41. The van der Waals surface area contributed by atoms with Crippen LogP contribution in [-0.4, -0.2) is 66.3 Å². The van der Waals surface area contributed by atoms with Crippen LogP contribution in [0.4, 0.5) is 17.3 Å². The predicted octanol–water partition coefficient (Wildman–Crippen LogP) is 5.40. The van der Waals surface area contributed by atoms with Crippen molar-refractivity contribution in [2.24, 2.45) is 5.92 Å². The molecule has 2 saturated heterocycles. The molecule has 1 N–H and O–H groups in total. The van der Waals surface area contributed by atoms with Crippen molar-refractivity contribution < 1.29 is 14.3 Å². The number of carbonyl (C=O) groups is 1. The molecule has 3 aromatic rings. The molecular weight excluding hydrogens is 516 g/mol. The van der Waals surface area contributed by atoms with Crippen LogP contribution in [0.15, 0.2) is 54.7 Å². The molecule has 2 aliphatic heterocycles. The van der Waals surface area contributed by atoms with Gasteiger partial charge in [0, 0.05) is 68.6 Å². The molecule has 1 aromatic heterocycles. The van der Waals surface area contributed by atoms with E-state index in [0.29, 0.717) is 48.4 Å². The molecule has 0 spiro atoms. The molecule has 1 amide bonds. The van der Waals surface area contributed by atoms with Crippen LogP contribution in [0.25, 0.3) is 11.3 Å². The lowest BCUT2D eigenvalue weighted by molar-refractivity contribution is -0.133. The predicted molar refractivity (Wildman–Crippen MR) is 159 cm³/mol. The van der Waals surface area contributed by atoms with Crippen LogP contribution in [0.2, 0.25) is 0 Å². The summed E-state index contributed by atoms with van der Waals surface area (Å²) >= 11 is 0. The molecule has 0 bridgehead atoms. The smallest absolute Gasteiger partial charge is 0.227 e. The first-order chi connectivity index (χ1) is 20.0. The maximum Gasteiger partial charge on any atom is 0.227 e. The number of carbonyl (C=O) groups excluding carboxylic acids is 1. The first-order valence-corrected chi connectivity index (χ1v) is 14.5. The van der Waals surface area contributed by atoms with Gasteiger partial charge in [-0.1, -0.05) is 13.8 Å². The number of rotatable bonds is 9. The summed E-state index contributed by atoms with van der Waals surface area (Å²) in [5.74, 6) is 1.79. The van der Waals surface area contributed by atoms with Crippen molar-refractivity contribution >= 4 is 23.2 Å². The van der Waals surface area contributed by atoms with Crippen LogP contribution < -0.4 is 15.0 Å². The Bertz CT molecular complexity index is 1360. The Hall–Kier alpha value is -4.16. The third kappa shape index (κ3) is 7.53. The maximum atomic E-state index is 12.5. The van der Waals surface area contributed by atoms with E-state index in [-0.39, 0.29) is 12.0 Å². The van der Waals surface area contributed by atoms with Crippen molar-refractivity contribution in [3.05, 3.63) is 60.3 Å². The average molecular weight is 555 g/mol. The minimum absolute atomic E-state index is 0.0217. The van der Waals surface area contributed by atoms with Crippen LogP contribution in [0.3, 0.4) is 0 Å². The summed E-state index contributed by atoms with van der Waals surface area (Å²) in [7, 11) is 0. The van der Waals surface area contributed by atoms with Gasteiger partial charge in [0.1, 0.15) is 17.9 Å². The van der Waals surface area contributed by atoms with Gasteiger partial charge in [0.2, 0.25) is 11.9 Å². The second-order valence-electron chi connectivity index (χ2n) is 11.0. The summed E-state index contributed by atoms with van der Waals surface area (Å²) in [6, 6.07) is 17.9. The highest BCUT2D eigenvalue weighted by molar-refractivity contribution is 5.76. The van der Waals surface area contributed by atoms with Crippen LogP contribution in [0.1, 0.15) is 45.1 Å². The number of amides is 1. The van der Waals surface area contributed by atoms with Crippen molar-refractivity contribution in [1.82, 2.24) is 14.9 Å². The first-order valence-electron chi connectivity index (χ1n) is 14.5. The zero-order valence-corrected chi connectivity index (χ0v) is 23.9. The van der Waals surface area contributed by atoms with E-state index in [1.165, 1.54) is 5.69 Å². The van der Waals surface area contributed by atoms with Crippen LogP contribution >= 0.6 is 0 Å². The molecule has 41 heavy (non-hydrogen) atoms. The van der Waals surface area contributed by atoms with Gasteiger partial charge in [-0.2, -0.15) is 5.26 Å². The Morgan fingerprint density at radius 1 is 1.10 bits per heavy atom. The van der Waals surface area contributed by atoms with E-state index in [0.717, 1.165) is 56.8 Å². The van der Waals surface area contributed by atoms with Gasteiger partial charge in [-0.25, -0.2) is 9.97 Å². The highest BCUT2D eigenvalue weighted by Crippen LogP contribution is 2.29. The van der Waals surface area contributed by atoms with Crippen molar-refractivity contribution in [3.8, 4) is 23.1 Å². The minimum atomic E-state index is -0.0217. The van der Waals surface area contributed by atoms with Gasteiger partial charge < -0.3 is 24.6 Å². The fourth-order valence-corrected chi connectivity index (χ4v) is 5.14. The quantitative estimate of drug-likeness (QED) is 0.375. The topological polar surface area (TPSA) is 104 Å². The van der Waals surface area contributed by atoms with E-state index in [1.807, 2.05) is 41.3 Å². The fraction of sp³-hybridized carbons (Fsp3) is 0.438. The molecule has 0 unspecified atom stereocenters. The molecule has 2 aliphatic rings. The number of piperidine rings is 1. The molecule has 0 radical (unpaired) electrons. The standard InChI is InChI=1S/C32H38N6O3/c1-23(2)3-10-31(39)38-15-12-28(13-16-38)41-30-9-4-24(21-25(30)22-33)29-11-14-34-32(36-29)35-26-5-7-27(8-6-26)37-17-19-40-20-18-37/h4-9,11,14,21,23,28H,3,10,12-13,15-20H2,1-2H3,(H,34,35,36). The largest absolute Gasteiger partial charge is 0.489 e. The molecule has 2 fully saturated rings. The molecule has 9 nitrogen and oxygen atoms in total. The number of aromatic nitrogens is 2. The van der Waals surface area contributed by atoms with Gasteiger partial charge in [-0.3, -0.25) is 4.79 Å². The molecule has 0 saturated carbocycles. The fourth-order valence-electron chi connectivity index (χ4n) is 5.14. The summed E-state index contributed by atoms with van der Waals surface area (Å²) < 4.78 is 11.7. The van der Waals surface area contributed by atoms with Crippen molar-refractivity contribution in [3.63, 3.8) is 0 Å². The third-order valence-electron chi connectivity index (χ3n) is 7.57. The van der Waals surface area contributed by atoms with E-state index < -0.39 is 0 Å². The number of nitrogens with one attached hydrogen (secondary N) is 1. The summed E-state index contributed by atoms with van der Waals surface area (Å²) in [5.41, 5.74) is 4.05. The third-order valence-corrected chi connectivity index (χ3v) is 7.57. The average Bonchev–Trinajstić information content (AvgIpc) is 3.01. The van der Waals surface area contributed by atoms with Gasteiger partial charge >= 0.3 is 0 Å². The van der Waals surface area contributed by atoms with E-state index in [4.69, 9.17) is 9.47 Å². The van der Waals surface area contributed by atoms with Crippen LogP contribution in [0.5, 0.6) is 5.75 Å². The number of hydrogen-bond donors (Lipinski definition) is 1. The van der Waals surface area contributed by atoms with Crippen molar-refractivity contribution in [2.45, 2.75) is 45.6 Å². The van der Waals surface area contributed by atoms with Gasteiger partial charge in [-0.05, 0) is 60.9 Å². The second-order valence-corrected chi connectivity index (χ2v) is 11.0. The summed E-state index contributed by atoms with van der Waals surface area (Å²) in [4.78, 5) is 25.8. The Labute approximate surface area is 242 Å². The summed E-state index contributed by atoms with van der Waals surface area (Å²) in [6.45, 7) is 8.94. The highest BCUT2D eigenvalue weighted by atomic mass is 16.5. The van der Waals surface area contributed by atoms with Crippen LogP contribution in [-0.2, 0) is 9.53 Å². The lowest BCUT2D eigenvalue weighted by Gasteiger charge is -2.32. The number of likely N-dealkylation sites (tertiary alicyclic amines) is 1. The summed E-state index contributed by atoms with van der Waals surface area (Å²) in [6.07, 6.45) is 4.72. The number of nitrogens with zero attached hydrogens (tertiary/aromatic N) is 5. The Morgan fingerprint density at radius 3 is 2.56 bits per heavy atom. The van der Waals surface area contributed by atoms with Gasteiger partial charge in [0.25, 0.3) is 0 Å². The molecule has 214 valence electrons. The van der Waals surface area contributed by atoms with E-state index in [2.05, 4.69) is 52.2 Å². The second kappa shape index (κ2) is 13.5. The number of hydrogen-bond acceptors (Lipinski definition) is 8. The highest BCUT2D eigenvalue weighted by Gasteiger charge is 2.24. The monoisotopic (exact) mass is 554 g/mol. The zero-order valence-electron chi connectivity index (χ0n) is 23.9. The molecule has 3 heterocycles. The first kappa shape index (κ1) is 28.4. The van der Waals surface area contributed by atoms with Crippen LogP contribution in [0, 0.1) is 17.2 Å². The Morgan fingerprint density at radius 2 is 1.85 bits per heavy atom. The molecular formula is C32H38N6O3. The molecule has 0 aliphatic carbocycles. The SMILES string of the molecule is CC(C)CCC(=O)N1CCC(Oc2ccc(-c3ccnc(Nc4ccc(N5CCOCC5)cc4)n3)cc2C#N)CC1. The van der Waals surface area contributed by atoms with E-state index >= 15 is 0 Å². The van der Waals surface area contributed by atoms with Gasteiger partial charge in [-0.15, -0.1) is 0 Å². The number of benzene rings is 2. The van der Waals surface area contributed by atoms with Crippen molar-refractivity contribution in [2.75, 3.05) is 49.6 Å². The number of nitriles is 1. The van der Waals surface area contributed by atoms with Gasteiger partial charge in [0.15, 0.2) is 0 Å². The lowest BCUT2D eigenvalue weighted by atomic mass is 10.0. The number of morpholine rings is 1. The maximum absolute atomic E-state index is 12.5. The molecule has 5 rings (SSSR count). The number of ether oxygens (including phenoxy) is 2. The molecule has 0 atom stereocenters. The zero-order chi connectivity index (χ0) is 28.6. The molecule has 2 aromatic carbocycles. The minimum Gasteiger partial charge on any atom is -0.489 e. The Balaban J connectivity index is 1.20. The summed E-state index contributed by atoms with van der Waals surface area (Å²) in [5, 5.41) is 13.1. The molecule has 9 heteroatoms. The number of anilines is 3. The van der Waals surface area contributed by atoms with E-state index in [1.54, 1.807) is 6.20 Å². The normalized spacial score (nSPS) is 16.0.